The fourth-order valence-corrected chi connectivity index (χ4v) is 1.88. The van der Waals surface area contributed by atoms with Crippen LogP contribution < -0.4 is 0 Å². The van der Waals surface area contributed by atoms with Crippen molar-refractivity contribution in [1.82, 2.24) is 0 Å². The second kappa shape index (κ2) is 5.06. The lowest BCUT2D eigenvalue weighted by molar-refractivity contribution is -0.143. The molecule has 0 aliphatic carbocycles. The van der Waals surface area contributed by atoms with Gasteiger partial charge in [-0.15, -0.1) is 0 Å². The van der Waals surface area contributed by atoms with Crippen molar-refractivity contribution < 1.29 is 28.5 Å². The molecule has 0 atom stereocenters. The van der Waals surface area contributed by atoms with Crippen molar-refractivity contribution in [2.24, 2.45) is 0 Å². The summed E-state index contributed by atoms with van der Waals surface area (Å²) < 4.78 is 15.1. The first-order valence-electron chi connectivity index (χ1n) is 4.58. The number of hydrogen-bond acceptors (Lipinski definition) is 4. The van der Waals surface area contributed by atoms with E-state index in [1.807, 2.05) is 0 Å². The minimum atomic E-state index is -5.00. The van der Waals surface area contributed by atoms with Crippen LogP contribution in [0.3, 0.4) is 0 Å². The first kappa shape index (κ1) is 15.9. The summed E-state index contributed by atoms with van der Waals surface area (Å²) in [6.07, 6.45) is 0. The molecule has 0 saturated carbocycles. The number of hydrogen-bond donors (Lipinski definition) is 2. The highest BCUT2D eigenvalue weighted by molar-refractivity contribution is 7.46. The van der Waals surface area contributed by atoms with Crippen molar-refractivity contribution in [2.45, 2.75) is 26.4 Å². The van der Waals surface area contributed by atoms with Crippen molar-refractivity contribution in [2.75, 3.05) is 0 Å². The maximum Gasteiger partial charge on any atom is 0.471 e. The molecule has 17 heavy (non-hydrogen) atoms. The number of carbonyl (C=O) groups is 2. The molecule has 0 unspecified atom stereocenters. The Morgan fingerprint density at radius 1 is 1.12 bits per heavy atom. The molecule has 6 nitrogen and oxygen atoms in total. The first-order valence-corrected chi connectivity index (χ1v) is 6.11. The molecule has 0 saturated heterocycles. The third kappa shape index (κ3) is 4.02. The van der Waals surface area contributed by atoms with Crippen LogP contribution in [0.25, 0.3) is 0 Å². The Bertz CT molecular complexity index is 404. The maximum atomic E-state index is 11.8. The third-order valence-corrected chi connectivity index (χ3v) is 2.55. The molecule has 0 radical (unpaired) electrons. The quantitative estimate of drug-likeness (QED) is 0.423. The van der Waals surface area contributed by atoms with Gasteiger partial charge in [0, 0.05) is 0 Å². The second-order valence-corrected chi connectivity index (χ2v) is 5.00. The number of rotatable bonds is 6. The van der Waals surface area contributed by atoms with Crippen LogP contribution in [0.2, 0.25) is 0 Å². The average molecular weight is 262 g/mol. The molecule has 0 heterocycles. The summed E-state index contributed by atoms with van der Waals surface area (Å²) in [5, 5.41) is 0. The Balaban J connectivity index is 5.60. The Morgan fingerprint density at radius 2 is 1.41 bits per heavy atom. The molecule has 0 aliphatic heterocycles. The average Bonchev–Trinajstić information content (AvgIpc) is 2.12. The van der Waals surface area contributed by atoms with E-state index in [9.17, 15) is 14.2 Å². The van der Waals surface area contributed by atoms with Crippen LogP contribution in [0.15, 0.2) is 24.3 Å². The molecule has 96 valence electrons. The molecule has 0 spiro atoms. The van der Waals surface area contributed by atoms with Gasteiger partial charge in [-0.05, 0) is 31.9 Å². The lowest BCUT2D eigenvalue weighted by Gasteiger charge is -2.27. The summed E-state index contributed by atoms with van der Waals surface area (Å²) >= 11 is 0. The zero-order valence-corrected chi connectivity index (χ0v) is 10.8. The van der Waals surface area contributed by atoms with Gasteiger partial charge in [0.25, 0.3) is 0 Å². The summed E-state index contributed by atoms with van der Waals surface area (Å²) in [7, 11) is -5.00. The largest absolute Gasteiger partial charge is 0.471 e. The summed E-state index contributed by atoms with van der Waals surface area (Å²) in [6, 6.07) is 0. The molecule has 7 heteroatoms. The van der Waals surface area contributed by atoms with Crippen molar-refractivity contribution in [3.63, 3.8) is 0 Å². The normalized spacial score (nSPS) is 12.1. The summed E-state index contributed by atoms with van der Waals surface area (Å²) in [5.41, 5.74) is -2.39. The standard InChI is InChI=1S/C10H15O6P/c1-6(2)8(11)10(5,9(12)7(3)4)16-17(13,14)15/h1,3H2,2,4-5H3,(H2,13,14,15). The van der Waals surface area contributed by atoms with Crippen molar-refractivity contribution in [1.29, 1.82) is 0 Å². The van der Waals surface area contributed by atoms with Crippen molar-refractivity contribution >= 4 is 19.4 Å². The van der Waals surface area contributed by atoms with Gasteiger partial charge in [-0.3, -0.25) is 14.1 Å². The third-order valence-electron chi connectivity index (χ3n) is 1.94. The van der Waals surface area contributed by atoms with Crippen LogP contribution in [-0.4, -0.2) is 27.0 Å². The molecular weight excluding hydrogens is 247 g/mol. The monoisotopic (exact) mass is 262 g/mol. The maximum absolute atomic E-state index is 11.8. The molecular formula is C10H15O6P. The Morgan fingerprint density at radius 3 is 1.59 bits per heavy atom. The van der Waals surface area contributed by atoms with E-state index in [0.29, 0.717) is 0 Å². The number of phosphoric ester groups is 1. The van der Waals surface area contributed by atoms with Gasteiger partial charge in [-0.25, -0.2) is 4.57 Å². The molecule has 0 rings (SSSR count). The van der Waals surface area contributed by atoms with Crippen LogP contribution in [0.5, 0.6) is 0 Å². The van der Waals surface area contributed by atoms with Gasteiger partial charge in [0.15, 0.2) is 11.6 Å². The van der Waals surface area contributed by atoms with E-state index in [1.54, 1.807) is 0 Å². The van der Waals surface area contributed by atoms with Crippen LogP contribution in [-0.2, 0) is 18.7 Å². The first-order chi connectivity index (χ1) is 7.42. The SMILES string of the molecule is C=C(C)C(=O)C(C)(OP(=O)(O)O)C(=O)C(=C)C. The van der Waals surface area contributed by atoms with Gasteiger partial charge in [-0.2, -0.15) is 0 Å². The second-order valence-electron chi connectivity index (χ2n) is 3.83. The molecule has 2 N–H and O–H groups in total. The minimum absolute atomic E-state index is 0.0458. The fourth-order valence-electron chi connectivity index (χ4n) is 1.24. The zero-order valence-electron chi connectivity index (χ0n) is 9.89. The van der Waals surface area contributed by atoms with Crippen LogP contribution in [0.1, 0.15) is 20.8 Å². The Labute approximate surface area is 99.2 Å². The van der Waals surface area contributed by atoms with Gasteiger partial charge in [0.2, 0.25) is 5.60 Å². The number of phosphoric acid groups is 1. The van der Waals surface area contributed by atoms with Gasteiger partial charge in [0.05, 0.1) is 0 Å². The Kier molecular flexibility index (Phi) is 4.74. The number of Topliss-reactive ketones (excluding diaryl/α,β-unsaturated/α-hetero) is 2. The Hall–Kier alpha value is -1.07. The number of carbonyl (C=O) groups excluding carboxylic acids is 2. The van der Waals surface area contributed by atoms with Crippen molar-refractivity contribution in [3.05, 3.63) is 24.3 Å². The lowest BCUT2D eigenvalue weighted by atomic mass is 9.89. The molecule has 0 amide bonds. The highest BCUT2D eigenvalue weighted by atomic mass is 31.2. The summed E-state index contributed by atoms with van der Waals surface area (Å²) in [6.45, 7) is 10.3. The van der Waals surface area contributed by atoms with Crippen molar-refractivity contribution in [3.8, 4) is 0 Å². The zero-order chi connectivity index (χ0) is 14.0. The van der Waals surface area contributed by atoms with Gasteiger partial charge < -0.3 is 9.79 Å². The predicted molar refractivity (Wildman–Crippen MR) is 61.2 cm³/mol. The smallest absolute Gasteiger partial charge is 0.303 e. The summed E-state index contributed by atoms with van der Waals surface area (Å²) in [5.74, 6) is -1.79. The van der Waals surface area contributed by atoms with E-state index in [-0.39, 0.29) is 11.1 Å². The highest BCUT2D eigenvalue weighted by Crippen LogP contribution is 2.43. The van der Waals surface area contributed by atoms with Crippen LogP contribution in [0.4, 0.5) is 0 Å². The molecule has 0 fully saturated rings. The number of ketones is 2. The van der Waals surface area contributed by atoms with E-state index < -0.39 is 25.0 Å². The molecule has 0 aromatic heterocycles. The van der Waals surface area contributed by atoms with Crippen LogP contribution >= 0.6 is 7.82 Å². The van der Waals surface area contributed by atoms with Gasteiger partial charge >= 0.3 is 7.82 Å². The fraction of sp³-hybridized carbons (Fsp3) is 0.400. The highest BCUT2D eigenvalue weighted by Gasteiger charge is 2.47. The van der Waals surface area contributed by atoms with Gasteiger partial charge in [0.1, 0.15) is 0 Å². The van der Waals surface area contributed by atoms with Crippen LogP contribution in [0, 0.1) is 0 Å². The van der Waals surface area contributed by atoms with E-state index in [0.717, 1.165) is 6.92 Å². The van der Waals surface area contributed by atoms with E-state index >= 15 is 0 Å². The van der Waals surface area contributed by atoms with E-state index in [1.165, 1.54) is 13.8 Å². The molecule has 0 aliphatic rings. The molecule has 0 bridgehead atoms. The minimum Gasteiger partial charge on any atom is -0.303 e. The van der Waals surface area contributed by atoms with Gasteiger partial charge in [-0.1, -0.05) is 13.2 Å². The molecule has 0 aromatic carbocycles. The van der Waals surface area contributed by atoms with E-state index in [2.05, 4.69) is 17.7 Å². The topological polar surface area (TPSA) is 101 Å². The lowest BCUT2D eigenvalue weighted by Crippen LogP contribution is -2.46. The summed E-state index contributed by atoms with van der Waals surface area (Å²) in [4.78, 5) is 41.0. The predicted octanol–water partition coefficient (Wildman–Crippen LogP) is 1.14. The molecule has 0 aromatic rings. The van der Waals surface area contributed by atoms with E-state index in [4.69, 9.17) is 9.79 Å².